The van der Waals surface area contributed by atoms with Crippen LogP contribution >= 0.6 is 0 Å². The lowest BCUT2D eigenvalue weighted by molar-refractivity contribution is 0.188. The molecule has 2 N–H and O–H groups in total. The van der Waals surface area contributed by atoms with Crippen molar-refractivity contribution in [3.8, 4) is 11.5 Å². The first-order valence-corrected chi connectivity index (χ1v) is 5.66. The zero-order valence-electron chi connectivity index (χ0n) is 10.7. The van der Waals surface area contributed by atoms with Crippen LogP contribution in [0.25, 0.3) is 0 Å². The first kappa shape index (κ1) is 13.8. The van der Waals surface area contributed by atoms with Crippen LogP contribution in [0.2, 0.25) is 0 Å². The van der Waals surface area contributed by atoms with Crippen molar-refractivity contribution in [3.05, 3.63) is 23.8 Å². The van der Waals surface area contributed by atoms with Crippen LogP contribution in [0.15, 0.2) is 18.2 Å². The van der Waals surface area contributed by atoms with Gasteiger partial charge in [0.15, 0.2) is 11.5 Å². The van der Waals surface area contributed by atoms with E-state index in [9.17, 15) is 0 Å². The highest BCUT2D eigenvalue weighted by atomic mass is 16.5. The van der Waals surface area contributed by atoms with Gasteiger partial charge in [0.2, 0.25) is 0 Å². The Morgan fingerprint density at radius 3 is 2.41 bits per heavy atom. The van der Waals surface area contributed by atoms with E-state index in [1.807, 2.05) is 18.2 Å². The van der Waals surface area contributed by atoms with Gasteiger partial charge >= 0.3 is 0 Å². The van der Waals surface area contributed by atoms with E-state index < -0.39 is 0 Å². The Balaban J connectivity index is 2.65. The highest BCUT2D eigenvalue weighted by Gasteiger charge is 2.08. The fourth-order valence-corrected chi connectivity index (χ4v) is 1.68. The molecule has 1 aromatic carbocycles. The summed E-state index contributed by atoms with van der Waals surface area (Å²) >= 11 is 0. The summed E-state index contributed by atoms with van der Waals surface area (Å²) < 4.78 is 15.4. The van der Waals surface area contributed by atoms with Crippen molar-refractivity contribution in [1.82, 2.24) is 0 Å². The first-order chi connectivity index (χ1) is 8.21. The van der Waals surface area contributed by atoms with Crippen LogP contribution in [0.5, 0.6) is 11.5 Å². The third-order valence-electron chi connectivity index (χ3n) is 2.64. The van der Waals surface area contributed by atoms with Gasteiger partial charge in [-0.3, -0.25) is 0 Å². The van der Waals surface area contributed by atoms with E-state index in [-0.39, 0.29) is 6.04 Å². The van der Waals surface area contributed by atoms with Crippen molar-refractivity contribution >= 4 is 0 Å². The van der Waals surface area contributed by atoms with Crippen LogP contribution in [0.4, 0.5) is 0 Å². The van der Waals surface area contributed by atoms with Gasteiger partial charge in [-0.15, -0.1) is 0 Å². The van der Waals surface area contributed by atoms with Crippen molar-refractivity contribution in [3.63, 3.8) is 0 Å². The SMILES string of the molecule is COCCC(N)Cc1ccc(OC)c(OC)c1. The molecule has 17 heavy (non-hydrogen) atoms. The fraction of sp³-hybridized carbons (Fsp3) is 0.538. The lowest BCUT2D eigenvalue weighted by Gasteiger charge is -2.13. The van der Waals surface area contributed by atoms with Crippen LogP contribution in [-0.2, 0) is 11.2 Å². The Morgan fingerprint density at radius 2 is 1.82 bits per heavy atom. The molecule has 0 aliphatic heterocycles. The van der Waals surface area contributed by atoms with Gasteiger partial charge in [0.05, 0.1) is 14.2 Å². The zero-order valence-corrected chi connectivity index (χ0v) is 10.7. The molecule has 1 aromatic rings. The second-order valence-corrected chi connectivity index (χ2v) is 3.94. The smallest absolute Gasteiger partial charge is 0.160 e. The molecule has 4 nitrogen and oxygen atoms in total. The summed E-state index contributed by atoms with van der Waals surface area (Å²) in [6.45, 7) is 0.689. The number of ether oxygens (including phenoxy) is 3. The lowest BCUT2D eigenvalue weighted by atomic mass is 10.0. The van der Waals surface area contributed by atoms with Crippen molar-refractivity contribution in [1.29, 1.82) is 0 Å². The normalized spacial score (nSPS) is 12.2. The standard InChI is InChI=1S/C13H21NO3/c1-15-7-6-11(14)8-10-4-5-12(16-2)13(9-10)17-3/h4-5,9,11H,6-8,14H2,1-3H3. The predicted molar refractivity (Wildman–Crippen MR) is 67.7 cm³/mol. The molecule has 0 aliphatic carbocycles. The van der Waals surface area contributed by atoms with E-state index in [1.165, 1.54) is 0 Å². The zero-order chi connectivity index (χ0) is 12.7. The second-order valence-electron chi connectivity index (χ2n) is 3.94. The van der Waals surface area contributed by atoms with Gasteiger partial charge in [-0.2, -0.15) is 0 Å². The predicted octanol–water partition coefficient (Wildman–Crippen LogP) is 1.61. The summed E-state index contributed by atoms with van der Waals surface area (Å²) in [5, 5.41) is 0. The molecule has 0 saturated heterocycles. The largest absolute Gasteiger partial charge is 0.493 e. The number of benzene rings is 1. The molecule has 0 fully saturated rings. The van der Waals surface area contributed by atoms with Crippen LogP contribution < -0.4 is 15.2 Å². The number of rotatable bonds is 7. The summed E-state index contributed by atoms with van der Waals surface area (Å²) in [4.78, 5) is 0. The summed E-state index contributed by atoms with van der Waals surface area (Å²) in [5.41, 5.74) is 7.15. The molecule has 1 unspecified atom stereocenters. The van der Waals surface area contributed by atoms with E-state index in [0.29, 0.717) is 6.61 Å². The quantitative estimate of drug-likeness (QED) is 0.785. The van der Waals surface area contributed by atoms with E-state index in [0.717, 1.165) is 29.9 Å². The molecular formula is C13H21NO3. The number of methoxy groups -OCH3 is 3. The maximum absolute atomic E-state index is 6.00. The number of hydrogen-bond acceptors (Lipinski definition) is 4. The molecule has 0 spiro atoms. The van der Waals surface area contributed by atoms with Gasteiger partial charge < -0.3 is 19.9 Å². The van der Waals surface area contributed by atoms with Gasteiger partial charge in [-0.05, 0) is 30.5 Å². The Bertz CT molecular complexity index is 341. The molecule has 1 rings (SSSR count). The fourth-order valence-electron chi connectivity index (χ4n) is 1.68. The molecule has 0 aliphatic rings. The highest BCUT2D eigenvalue weighted by molar-refractivity contribution is 5.43. The Labute approximate surface area is 103 Å². The molecule has 96 valence electrons. The molecule has 0 amide bonds. The first-order valence-electron chi connectivity index (χ1n) is 5.66. The maximum Gasteiger partial charge on any atom is 0.160 e. The third-order valence-corrected chi connectivity index (χ3v) is 2.64. The van der Waals surface area contributed by atoms with Gasteiger partial charge in [-0.1, -0.05) is 6.07 Å². The molecule has 4 heteroatoms. The highest BCUT2D eigenvalue weighted by Crippen LogP contribution is 2.27. The minimum atomic E-state index is 0.105. The van der Waals surface area contributed by atoms with Gasteiger partial charge in [0, 0.05) is 19.8 Å². The topological polar surface area (TPSA) is 53.7 Å². The Morgan fingerprint density at radius 1 is 1.12 bits per heavy atom. The van der Waals surface area contributed by atoms with Gasteiger partial charge in [-0.25, -0.2) is 0 Å². The molecule has 0 aromatic heterocycles. The van der Waals surface area contributed by atoms with Crippen LogP contribution in [0.3, 0.4) is 0 Å². The molecule has 0 heterocycles. The van der Waals surface area contributed by atoms with E-state index >= 15 is 0 Å². The Hall–Kier alpha value is -1.26. The van der Waals surface area contributed by atoms with E-state index in [4.69, 9.17) is 19.9 Å². The third kappa shape index (κ3) is 4.24. The minimum Gasteiger partial charge on any atom is -0.493 e. The molecular weight excluding hydrogens is 218 g/mol. The Kier molecular flexibility index (Phi) is 5.80. The van der Waals surface area contributed by atoms with Crippen LogP contribution in [-0.4, -0.2) is 34.0 Å². The van der Waals surface area contributed by atoms with Gasteiger partial charge in [0.1, 0.15) is 0 Å². The van der Waals surface area contributed by atoms with Gasteiger partial charge in [0.25, 0.3) is 0 Å². The molecule has 0 bridgehead atoms. The average molecular weight is 239 g/mol. The maximum atomic E-state index is 6.00. The van der Waals surface area contributed by atoms with Crippen LogP contribution in [0.1, 0.15) is 12.0 Å². The molecule has 0 saturated carbocycles. The number of nitrogens with two attached hydrogens (primary N) is 1. The van der Waals surface area contributed by atoms with Crippen molar-refractivity contribution in [2.45, 2.75) is 18.9 Å². The second kappa shape index (κ2) is 7.14. The molecule has 1 atom stereocenters. The minimum absolute atomic E-state index is 0.105. The monoisotopic (exact) mass is 239 g/mol. The molecule has 0 radical (unpaired) electrons. The van der Waals surface area contributed by atoms with Crippen molar-refractivity contribution in [2.24, 2.45) is 5.73 Å². The summed E-state index contributed by atoms with van der Waals surface area (Å²) in [7, 11) is 4.94. The van der Waals surface area contributed by atoms with Crippen molar-refractivity contribution in [2.75, 3.05) is 27.9 Å². The lowest BCUT2D eigenvalue weighted by Crippen LogP contribution is -2.24. The van der Waals surface area contributed by atoms with Crippen LogP contribution in [0, 0.1) is 0 Å². The summed E-state index contributed by atoms with van der Waals surface area (Å²) in [5.74, 6) is 1.48. The van der Waals surface area contributed by atoms with Crippen molar-refractivity contribution < 1.29 is 14.2 Å². The summed E-state index contributed by atoms with van der Waals surface area (Å²) in [6.07, 6.45) is 1.66. The van der Waals surface area contributed by atoms with E-state index in [1.54, 1.807) is 21.3 Å². The average Bonchev–Trinajstić information content (AvgIpc) is 2.36. The number of hydrogen-bond donors (Lipinski definition) is 1. The van der Waals surface area contributed by atoms with E-state index in [2.05, 4.69) is 0 Å². The summed E-state index contributed by atoms with van der Waals surface area (Å²) in [6, 6.07) is 5.98.